The fourth-order valence-electron chi connectivity index (χ4n) is 7.09. The van der Waals surface area contributed by atoms with E-state index >= 15 is 0 Å². The lowest BCUT2D eigenvalue weighted by Gasteiger charge is -2.56. The number of aliphatic hydroxyl groups excluding tert-OH is 4. The van der Waals surface area contributed by atoms with Gasteiger partial charge in [0.25, 0.3) is 0 Å². The van der Waals surface area contributed by atoms with Crippen molar-refractivity contribution < 1.29 is 25.2 Å². The van der Waals surface area contributed by atoms with Gasteiger partial charge in [0.05, 0.1) is 25.4 Å². The molecule has 4 atom stereocenters. The number of rotatable bonds is 9. The van der Waals surface area contributed by atoms with E-state index in [1.54, 1.807) is 0 Å². The number of hydrogen-bond donors (Lipinski definition) is 4. The van der Waals surface area contributed by atoms with Crippen molar-refractivity contribution in [3.05, 3.63) is 0 Å². The number of nitrogens with zero attached hydrogens (tertiary/aromatic N) is 1. The van der Waals surface area contributed by atoms with Crippen molar-refractivity contribution in [2.75, 3.05) is 32.9 Å². The maximum atomic E-state index is 10.0. The summed E-state index contributed by atoms with van der Waals surface area (Å²) in [6.07, 6.45) is 8.38. The van der Waals surface area contributed by atoms with Gasteiger partial charge in [-0.15, -0.1) is 0 Å². The SMILES string of the molecule is OC[C@@H]1[C@H](O)[C@@H](O)[C@H](O)CN1CCCCCOCC12CC3CC(CC(C3)C1)C2. The maximum Gasteiger partial charge on any atom is 0.109 e. The molecule has 0 aromatic rings. The molecule has 0 aromatic heterocycles. The zero-order chi connectivity index (χ0) is 19.7. The van der Waals surface area contributed by atoms with Crippen molar-refractivity contribution >= 4 is 0 Å². The van der Waals surface area contributed by atoms with Crippen LogP contribution in [0, 0.1) is 23.2 Å². The molecule has 0 amide bonds. The summed E-state index contributed by atoms with van der Waals surface area (Å²) in [6, 6.07) is -0.495. The van der Waals surface area contributed by atoms with Crippen LogP contribution in [0.2, 0.25) is 0 Å². The van der Waals surface area contributed by atoms with Crippen LogP contribution >= 0.6 is 0 Å². The van der Waals surface area contributed by atoms with E-state index in [1.807, 2.05) is 4.90 Å². The highest BCUT2D eigenvalue weighted by Gasteiger charge is 2.50. The number of hydrogen-bond acceptors (Lipinski definition) is 6. The second-order valence-corrected chi connectivity index (χ2v) is 10.3. The quantitative estimate of drug-likeness (QED) is 0.436. The van der Waals surface area contributed by atoms with Gasteiger partial charge in [-0.3, -0.25) is 4.90 Å². The molecular formula is C22H39NO5. The molecule has 162 valence electrons. The average molecular weight is 398 g/mol. The first-order valence-electron chi connectivity index (χ1n) is 11.5. The van der Waals surface area contributed by atoms with Crippen molar-refractivity contribution in [2.24, 2.45) is 23.2 Å². The molecule has 6 nitrogen and oxygen atoms in total. The Hall–Kier alpha value is -0.240. The van der Waals surface area contributed by atoms with Gasteiger partial charge in [0.2, 0.25) is 0 Å². The molecule has 0 unspecified atom stereocenters. The molecule has 4 bridgehead atoms. The third-order valence-electron chi connectivity index (χ3n) is 8.02. The van der Waals surface area contributed by atoms with Crippen molar-refractivity contribution in [3.63, 3.8) is 0 Å². The summed E-state index contributed by atoms with van der Waals surface area (Å²) in [5.41, 5.74) is 0.490. The number of ether oxygens (including phenoxy) is 1. The molecule has 4 saturated carbocycles. The highest BCUT2D eigenvalue weighted by molar-refractivity contribution is 5.01. The fourth-order valence-corrected chi connectivity index (χ4v) is 7.09. The van der Waals surface area contributed by atoms with Gasteiger partial charge >= 0.3 is 0 Å². The largest absolute Gasteiger partial charge is 0.395 e. The van der Waals surface area contributed by atoms with E-state index in [2.05, 4.69) is 0 Å². The van der Waals surface area contributed by atoms with Gasteiger partial charge in [-0.2, -0.15) is 0 Å². The van der Waals surface area contributed by atoms with E-state index in [0.29, 0.717) is 18.5 Å². The Morgan fingerprint density at radius 3 is 2.11 bits per heavy atom. The van der Waals surface area contributed by atoms with E-state index in [9.17, 15) is 20.4 Å². The lowest BCUT2D eigenvalue weighted by atomic mass is 9.50. The second-order valence-electron chi connectivity index (χ2n) is 10.3. The average Bonchev–Trinajstić information content (AvgIpc) is 2.64. The molecule has 0 aromatic carbocycles. The Labute approximate surface area is 168 Å². The van der Waals surface area contributed by atoms with Crippen LogP contribution in [0.1, 0.15) is 57.8 Å². The Bertz CT molecular complexity index is 480. The first-order valence-corrected chi connectivity index (χ1v) is 11.5. The van der Waals surface area contributed by atoms with Crippen molar-refractivity contribution in [3.8, 4) is 0 Å². The standard InChI is InChI=1S/C22H39NO5/c24-13-18-20(26)21(27)19(25)12-23(18)4-2-1-3-5-28-14-22-9-15-6-16(10-22)8-17(7-15)11-22/h15-21,24-27H,1-14H2/t15?,16?,17?,18-,19-,20+,21+,22?/m1/s1. The number of β-amino-alcohol motifs (C(OH)–C–C–N with tert-alkyl or cyclic N) is 1. The topological polar surface area (TPSA) is 93.4 Å². The van der Waals surface area contributed by atoms with Crippen LogP contribution in [0.3, 0.4) is 0 Å². The number of piperidine rings is 1. The molecule has 1 saturated heterocycles. The monoisotopic (exact) mass is 397 g/mol. The lowest BCUT2D eigenvalue weighted by molar-refractivity contribution is -0.145. The third-order valence-corrected chi connectivity index (χ3v) is 8.02. The van der Waals surface area contributed by atoms with Gasteiger partial charge in [0.1, 0.15) is 12.2 Å². The number of unbranched alkanes of at least 4 members (excludes halogenated alkanes) is 2. The molecule has 6 heteroatoms. The van der Waals surface area contributed by atoms with Gasteiger partial charge in [-0.1, -0.05) is 0 Å². The molecule has 5 rings (SSSR count). The molecule has 4 aliphatic carbocycles. The summed E-state index contributed by atoms with van der Waals surface area (Å²) >= 11 is 0. The number of likely N-dealkylation sites (tertiary alicyclic amines) is 1. The first kappa shape index (κ1) is 21.0. The lowest BCUT2D eigenvalue weighted by Crippen LogP contribution is -2.62. The summed E-state index contributed by atoms with van der Waals surface area (Å²) in [4.78, 5) is 1.90. The highest BCUT2D eigenvalue weighted by Crippen LogP contribution is 2.60. The van der Waals surface area contributed by atoms with E-state index in [-0.39, 0.29) is 6.61 Å². The van der Waals surface area contributed by atoms with Crippen molar-refractivity contribution in [1.82, 2.24) is 4.90 Å². The molecule has 5 fully saturated rings. The van der Waals surface area contributed by atoms with Crippen LogP contribution in [0.5, 0.6) is 0 Å². The molecule has 1 aliphatic heterocycles. The van der Waals surface area contributed by atoms with Gasteiger partial charge in [-0.05, 0) is 87.5 Å². The van der Waals surface area contributed by atoms with Crippen LogP contribution in [-0.4, -0.2) is 82.6 Å². The van der Waals surface area contributed by atoms with Crippen LogP contribution in [0.4, 0.5) is 0 Å². The highest BCUT2D eigenvalue weighted by atomic mass is 16.5. The van der Waals surface area contributed by atoms with E-state index in [1.165, 1.54) is 38.5 Å². The minimum Gasteiger partial charge on any atom is -0.395 e. The fraction of sp³-hybridized carbons (Fsp3) is 1.00. The smallest absolute Gasteiger partial charge is 0.109 e. The van der Waals surface area contributed by atoms with E-state index in [4.69, 9.17) is 4.74 Å². The van der Waals surface area contributed by atoms with E-state index in [0.717, 1.165) is 50.2 Å². The Morgan fingerprint density at radius 2 is 1.50 bits per heavy atom. The predicted octanol–water partition coefficient (Wildman–Crippen LogP) is 1.15. The van der Waals surface area contributed by atoms with Gasteiger partial charge in [0.15, 0.2) is 0 Å². The Kier molecular flexibility index (Phi) is 6.65. The predicted molar refractivity (Wildman–Crippen MR) is 106 cm³/mol. The molecule has 1 heterocycles. The van der Waals surface area contributed by atoms with Crippen molar-refractivity contribution in [2.45, 2.75) is 82.1 Å². The van der Waals surface area contributed by atoms with E-state index < -0.39 is 24.4 Å². The molecule has 5 aliphatic rings. The van der Waals surface area contributed by atoms with Crippen molar-refractivity contribution in [1.29, 1.82) is 0 Å². The second kappa shape index (κ2) is 8.86. The number of aliphatic hydroxyl groups is 4. The molecule has 28 heavy (non-hydrogen) atoms. The van der Waals surface area contributed by atoms with Crippen LogP contribution in [0.25, 0.3) is 0 Å². The third kappa shape index (κ3) is 4.42. The zero-order valence-electron chi connectivity index (χ0n) is 17.1. The minimum absolute atomic E-state index is 0.209. The molecule has 4 N–H and O–H groups in total. The van der Waals surface area contributed by atoms with Gasteiger partial charge in [-0.25, -0.2) is 0 Å². The first-order chi connectivity index (χ1) is 13.5. The zero-order valence-corrected chi connectivity index (χ0v) is 17.1. The van der Waals surface area contributed by atoms with Crippen LogP contribution in [0.15, 0.2) is 0 Å². The summed E-state index contributed by atoms with van der Waals surface area (Å²) in [5.74, 6) is 2.93. The van der Waals surface area contributed by atoms with Gasteiger partial charge in [0, 0.05) is 13.2 Å². The maximum absolute atomic E-state index is 10.0. The summed E-state index contributed by atoms with van der Waals surface area (Å²) in [7, 11) is 0. The van der Waals surface area contributed by atoms with Gasteiger partial charge < -0.3 is 25.2 Å². The van der Waals surface area contributed by atoms with Crippen LogP contribution in [-0.2, 0) is 4.74 Å². The minimum atomic E-state index is -1.17. The normalized spacial score (nSPS) is 45.6. The van der Waals surface area contributed by atoms with Crippen LogP contribution < -0.4 is 0 Å². The molecule has 0 radical (unpaired) electrons. The summed E-state index contributed by atoms with van der Waals surface area (Å²) in [6.45, 7) is 2.56. The summed E-state index contributed by atoms with van der Waals surface area (Å²) in [5, 5.41) is 39.2. The molecular weight excluding hydrogens is 358 g/mol. The Morgan fingerprint density at radius 1 is 0.857 bits per heavy atom. The Balaban J connectivity index is 1.11. The summed E-state index contributed by atoms with van der Waals surface area (Å²) < 4.78 is 6.13. The molecule has 0 spiro atoms.